The maximum Gasteiger partial charge on any atom is 0.0674 e. The minimum absolute atomic E-state index is 0.227. The lowest BCUT2D eigenvalue weighted by molar-refractivity contribution is 0.358. The molecule has 20 heavy (non-hydrogen) atoms. The van der Waals surface area contributed by atoms with Crippen LogP contribution in [-0.4, -0.2) is 9.78 Å². The van der Waals surface area contributed by atoms with Crippen molar-refractivity contribution in [3.8, 4) is 11.1 Å². The number of benzene rings is 1. The van der Waals surface area contributed by atoms with Crippen LogP contribution in [0.25, 0.3) is 11.1 Å². The third-order valence-electron chi connectivity index (χ3n) is 5.04. The Hall–Kier alpha value is -1.61. The summed E-state index contributed by atoms with van der Waals surface area (Å²) in [5.74, 6) is 0.490. The summed E-state index contributed by atoms with van der Waals surface area (Å²) in [5.41, 5.74) is 13.8. The molecule has 1 aromatic heterocycles. The summed E-state index contributed by atoms with van der Waals surface area (Å²) >= 11 is 0. The normalized spacial score (nSPS) is 25.0. The molecule has 0 spiro atoms. The van der Waals surface area contributed by atoms with Gasteiger partial charge in [0.2, 0.25) is 0 Å². The van der Waals surface area contributed by atoms with Crippen LogP contribution in [0.15, 0.2) is 18.2 Å². The zero-order chi connectivity index (χ0) is 14.7. The summed E-state index contributed by atoms with van der Waals surface area (Å²) < 4.78 is 1.95. The monoisotopic (exact) mass is 269 g/mol. The van der Waals surface area contributed by atoms with Crippen molar-refractivity contribution in [3.05, 3.63) is 40.7 Å². The second kappa shape index (κ2) is 4.19. The highest BCUT2D eigenvalue weighted by molar-refractivity contribution is 5.70. The Morgan fingerprint density at radius 1 is 1.35 bits per heavy atom. The number of hydrogen-bond acceptors (Lipinski definition) is 2. The van der Waals surface area contributed by atoms with Crippen molar-refractivity contribution in [1.82, 2.24) is 9.78 Å². The van der Waals surface area contributed by atoms with Crippen LogP contribution >= 0.6 is 0 Å². The van der Waals surface area contributed by atoms with Gasteiger partial charge < -0.3 is 5.73 Å². The van der Waals surface area contributed by atoms with Gasteiger partial charge in [0.25, 0.3) is 0 Å². The molecule has 106 valence electrons. The third kappa shape index (κ3) is 1.73. The Morgan fingerprint density at radius 2 is 2.05 bits per heavy atom. The molecule has 2 atom stereocenters. The lowest BCUT2D eigenvalue weighted by atomic mass is 9.87. The summed E-state index contributed by atoms with van der Waals surface area (Å²) in [7, 11) is 1.99. The van der Waals surface area contributed by atoms with Crippen molar-refractivity contribution in [2.45, 2.75) is 39.7 Å². The van der Waals surface area contributed by atoms with E-state index in [-0.39, 0.29) is 5.54 Å². The standard InChI is InChI=1S/C17H23N3/c1-10-8-13-6-7-14(9-15(13)17(10,4)18)16-11(2)19-20(5)12(16)3/h6-7,9-10H,8,18H2,1-5H3/t10?,17-/m0/s1. The lowest BCUT2D eigenvalue weighted by Crippen LogP contribution is -2.36. The largest absolute Gasteiger partial charge is 0.321 e. The quantitative estimate of drug-likeness (QED) is 0.864. The summed E-state index contributed by atoms with van der Waals surface area (Å²) in [4.78, 5) is 0. The first-order valence-corrected chi connectivity index (χ1v) is 7.25. The third-order valence-corrected chi connectivity index (χ3v) is 5.04. The molecule has 3 heteroatoms. The fraction of sp³-hybridized carbons (Fsp3) is 0.471. The molecular formula is C17H23N3. The molecule has 2 N–H and O–H groups in total. The maximum atomic E-state index is 6.54. The molecule has 3 rings (SSSR count). The van der Waals surface area contributed by atoms with E-state index >= 15 is 0 Å². The first-order valence-electron chi connectivity index (χ1n) is 7.25. The molecule has 3 nitrogen and oxygen atoms in total. The second-order valence-corrected chi connectivity index (χ2v) is 6.43. The van der Waals surface area contributed by atoms with Gasteiger partial charge in [-0.05, 0) is 55.9 Å². The molecule has 0 bridgehead atoms. The van der Waals surface area contributed by atoms with Crippen LogP contribution in [-0.2, 0) is 19.0 Å². The maximum absolute atomic E-state index is 6.54. The highest BCUT2D eigenvalue weighted by Gasteiger charge is 2.37. The zero-order valence-corrected chi connectivity index (χ0v) is 13.0. The Labute approximate surface area is 120 Å². The van der Waals surface area contributed by atoms with Gasteiger partial charge in [0.05, 0.1) is 5.69 Å². The molecule has 0 saturated carbocycles. The van der Waals surface area contributed by atoms with Gasteiger partial charge in [0.1, 0.15) is 0 Å². The first-order chi connectivity index (χ1) is 9.32. The molecule has 2 aromatic rings. The summed E-state index contributed by atoms with van der Waals surface area (Å²) in [5, 5.41) is 4.52. The Balaban J connectivity index is 2.17. The number of rotatable bonds is 1. The van der Waals surface area contributed by atoms with Crippen LogP contribution in [0.4, 0.5) is 0 Å². The molecule has 0 amide bonds. The second-order valence-electron chi connectivity index (χ2n) is 6.43. The van der Waals surface area contributed by atoms with Gasteiger partial charge in [-0.2, -0.15) is 5.10 Å². The smallest absolute Gasteiger partial charge is 0.0674 e. The van der Waals surface area contributed by atoms with Crippen molar-refractivity contribution in [2.75, 3.05) is 0 Å². The summed E-state index contributed by atoms with van der Waals surface area (Å²) in [6.07, 6.45) is 1.08. The van der Waals surface area contributed by atoms with Gasteiger partial charge in [0.15, 0.2) is 0 Å². The Kier molecular flexibility index (Phi) is 2.80. The van der Waals surface area contributed by atoms with Crippen LogP contribution in [0.2, 0.25) is 0 Å². The Morgan fingerprint density at radius 3 is 2.65 bits per heavy atom. The molecule has 1 unspecified atom stereocenters. The first kappa shape index (κ1) is 13.4. The van der Waals surface area contributed by atoms with E-state index in [0.29, 0.717) is 5.92 Å². The van der Waals surface area contributed by atoms with Gasteiger partial charge >= 0.3 is 0 Å². The minimum Gasteiger partial charge on any atom is -0.321 e. The van der Waals surface area contributed by atoms with Gasteiger partial charge in [-0.25, -0.2) is 0 Å². The van der Waals surface area contributed by atoms with Crippen LogP contribution in [0.1, 0.15) is 36.4 Å². The highest BCUT2D eigenvalue weighted by Crippen LogP contribution is 2.41. The van der Waals surface area contributed by atoms with Crippen LogP contribution in [0.5, 0.6) is 0 Å². The van der Waals surface area contributed by atoms with Crippen molar-refractivity contribution < 1.29 is 0 Å². The van der Waals surface area contributed by atoms with E-state index < -0.39 is 0 Å². The van der Waals surface area contributed by atoms with E-state index in [1.807, 2.05) is 11.7 Å². The van der Waals surface area contributed by atoms with Crippen molar-refractivity contribution in [3.63, 3.8) is 0 Å². The molecule has 1 heterocycles. The van der Waals surface area contributed by atoms with Crippen molar-refractivity contribution in [1.29, 1.82) is 0 Å². The van der Waals surface area contributed by atoms with E-state index in [1.54, 1.807) is 0 Å². The molecule has 1 aliphatic rings. The average molecular weight is 269 g/mol. The molecular weight excluding hydrogens is 246 g/mol. The molecule has 0 aliphatic heterocycles. The topological polar surface area (TPSA) is 43.8 Å². The summed E-state index contributed by atoms with van der Waals surface area (Å²) in [6.45, 7) is 8.57. The number of nitrogens with zero attached hydrogens (tertiary/aromatic N) is 2. The predicted octanol–water partition coefficient (Wildman–Crippen LogP) is 3.07. The van der Waals surface area contributed by atoms with Gasteiger partial charge in [0, 0.05) is 23.8 Å². The van der Waals surface area contributed by atoms with Crippen LogP contribution in [0.3, 0.4) is 0 Å². The number of aromatic nitrogens is 2. The van der Waals surface area contributed by atoms with Gasteiger partial charge in [-0.1, -0.05) is 19.1 Å². The van der Waals surface area contributed by atoms with E-state index in [0.717, 1.165) is 12.1 Å². The molecule has 0 radical (unpaired) electrons. The zero-order valence-electron chi connectivity index (χ0n) is 13.0. The molecule has 0 saturated heterocycles. The summed E-state index contributed by atoms with van der Waals surface area (Å²) in [6, 6.07) is 6.73. The number of aryl methyl sites for hydroxylation is 2. The fourth-order valence-electron chi connectivity index (χ4n) is 3.41. The minimum atomic E-state index is -0.227. The van der Waals surface area contributed by atoms with E-state index in [9.17, 15) is 0 Å². The Bertz CT molecular complexity index is 680. The SMILES string of the molecule is Cc1nn(C)c(C)c1-c1ccc2c(c1)[C@@](C)(N)C(C)C2. The molecule has 1 aromatic carbocycles. The molecule has 0 fully saturated rings. The van der Waals surface area contributed by atoms with E-state index in [4.69, 9.17) is 5.73 Å². The van der Waals surface area contributed by atoms with Crippen molar-refractivity contribution >= 4 is 0 Å². The lowest BCUT2D eigenvalue weighted by Gasteiger charge is -2.25. The number of nitrogens with two attached hydrogens (primary N) is 1. The predicted molar refractivity (Wildman–Crippen MR) is 82.5 cm³/mol. The highest BCUT2D eigenvalue weighted by atomic mass is 15.3. The molecule has 1 aliphatic carbocycles. The fourth-order valence-corrected chi connectivity index (χ4v) is 3.41. The number of hydrogen-bond donors (Lipinski definition) is 1. The van der Waals surface area contributed by atoms with Crippen LogP contribution < -0.4 is 5.73 Å². The number of fused-ring (bicyclic) bond motifs is 1. The average Bonchev–Trinajstić information content (AvgIpc) is 2.75. The van der Waals surface area contributed by atoms with Crippen molar-refractivity contribution in [2.24, 2.45) is 18.7 Å². The van der Waals surface area contributed by atoms with Gasteiger partial charge in [-0.3, -0.25) is 4.68 Å². The van der Waals surface area contributed by atoms with Gasteiger partial charge in [-0.15, -0.1) is 0 Å². The van der Waals surface area contributed by atoms with E-state index in [2.05, 4.69) is 51.0 Å². The van der Waals surface area contributed by atoms with E-state index in [1.165, 1.54) is 27.9 Å². The van der Waals surface area contributed by atoms with Crippen LogP contribution in [0, 0.1) is 19.8 Å².